The number of carbonyl (C=O) groups is 2. The highest BCUT2D eigenvalue weighted by Gasteiger charge is 2.33. The van der Waals surface area contributed by atoms with Crippen LogP contribution in [0.5, 0.6) is 0 Å². The number of nitrogens with zero attached hydrogens (tertiary/aromatic N) is 1. The van der Waals surface area contributed by atoms with Crippen molar-refractivity contribution in [3.05, 3.63) is 12.3 Å². The number of amides is 1. The summed E-state index contributed by atoms with van der Waals surface area (Å²) in [5, 5.41) is 0. The predicted octanol–water partition coefficient (Wildman–Crippen LogP) is 3.12. The molecule has 4 heteroatoms. The van der Waals surface area contributed by atoms with Gasteiger partial charge in [0, 0.05) is 18.7 Å². The number of hydrogen-bond acceptors (Lipinski definition) is 3. The molecule has 1 amide bonds. The third kappa shape index (κ3) is 3.86. The summed E-state index contributed by atoms with van der Waals surface area (Å²) in [6.45, 7) is 9.61. The Morgan fingerprint density at radius 1 is 1.56 bits per heavy atom. The van der Waals surface area contributed by atoms with Crippen LogP contribution in [0.25, 0.3) is 0 Å². The fraction of sp³-hybridized carbons (Fsp3) is 0.714. The van der Waals surface area contributed by atoms with Crippen LogP contribution in [0, 0.1) is 5.92 Å². The molecular formula is C14H23NO3. The van der Waals surface area contributed by atoms with E-state index in [1.165, 1.54) is 6.08 Å². The maximum absolute atomic E-state index is 12.1. The van der Waals surface area contributed by atoms with Gasteiger partial charge in [-0.2, -0.15) is 0 Å². The quantitative estimate of drug-likeness (QED) is 0.759. The maximum Gasteiger partial charge on any atom is 0.414 e. The largest absolute Gasteiger partial charge is 0.443 e. The van der Waals surface area contributed by atoms with Gasteiger partial charge in [0.1, 0.15) is 5.60 Å². The molecule has 102 valence electrons. The lowest BCUT2D eigenvalue weighted by Gasteiger charge is -2.35. The summed E-state index contributed by atoms with van der Waals surface area (Å²) in [5.41, 5.74) is -0.521. The van der Waals surface area contributed by atoms with Gasteiger partial charge in [-0.3, -0.25) is 9.69 Å². The molecule has 1 rings (SSSR count). The first-order chi connectivity index (χ1) is 8.24. The minimum atomic E-state index is -0.521. The molecule has 0 radical (unpaired) electrons. The molecule has 4 nitrogen and oxygen atoms in total. The summed E-state index contributed by atoms with van der Waals surface area (Å²) in [6, 6.07) is -0.0950. The topological polar surface area (TPSA) is 46.6 Å². The van der Waals surface area contributed by atoms with Crippen molar-refractivity contribution >= 4 is 11.9 Å². The van der Waals surface area contributed by atoms with E-state index < -0.39 is 5.60 Å². The van der Waals surface area contributed by atoms with E-state index >= 15 is 0 Å². The molecule has 0 saturated heterocycles. The number of allylic oxidation sites excluding steroid dienone is 1. The molecule has 0 aromatic rings. The number of hydrogen-bond donors (Lipinski definition) is 0. The number of rotatable bonds is 2. The Labute approximate surface area is 109 Å². The van der Waals surface area contributed by atoms with Gasteiger partial charge < -0.3 is 4.74 Å². The molecular weight excluding hydrogens is 230 g/mol. The van der Waals surface area contributed by atoms with Crippen LogP contribution < -0.4 is 0 Å². The Morgan fingerprint density at radius 3 is 2.67 bits per heavy atom. The molecule has 0 fully saturated rings. The highest BCUT2D eigenvalue weighted by molar-refractivity contribution is 5.92. The molecule has 1 heterocycles. The number of carbonyl (C=O) groups excluding carboxylic acids is 2. The highest BCUT2D eigenvalue weighted by atomic mass is 16.6. The van der Waals surface area contributed by atoms with Gasteiger partial charge in [-0.05, 0) is 32.8 Å². The molecule has 0 aromatic heterocycles. The average molecular weight is 253 g/mol. The number of ether oxygens (including phenoxy) is 1. The first kappa shape index (κ1) is 14.7. The molecule has 1 aliphatic rings. The van der Waals surface area contributed by atoms with Gasteiger partial charge in [0.05, 0.1) is 0 Å². The molecule has 18 heavy (non-hydrogen) atoms. The number of ketones is 1. The predicted molar refractivity (Wildman–Crippen MR) is 70.1 cm³/mol. The molecule has 0 aliphatic carbocycles. The van der Waals surface area contributed by atoms with E-state index in [1.807, 2.05) is 20.8 Å². The van der Waals surface area contributed by atoms with Gasteiger partial charge in [0.15, 0.2) is 5.78 Å². The van der Waals surface area contributed by atoms with Crippen LogP contribution in [-0.4, -0.2) is 28.4 Å². The first-order valence-electron chi connectivity index (χ1n) is 6.47. The van der Waals surface area contributed by atoms with Crippen molar-refractivity contribution in [1.29, 1.82) is 0 Å². The minimum absolute atomic E-state index is 0.0695. The molecule has 0 saturated carbocycles. The summed E-state index contributed by atoms with van der Waals surface area (Å²) in [6.07, 6.45) is 3.92. The van der Waals surface area contributed by atoms with E-state index in [1.54, 1.807) is 11.1 Å². The van der Waals surface area contributed by atoms with E-state index in [4.69, 9.17) is 4.74 Å². The monoisotopic (exact) mass is 253 g/mol. The summed E-state index contributed by atoms with van der Waals surface area (Å²) < 4.78 is 5.36. The van der Waals surface area contributed by atoms with Gasteiger partial charge in [0.25, 0.3) is 0 Å². The van der Waals surface area contributed by atoms with E-state index in [9.17, 15) is 9.59 Å². The third-order valence-corrected chi connectivity index (χ3v) is 3.09. The van der Waals surface area contributed by atoms with Gasteiger partial charge in [-0.25, -0.2) is 4.79 Å². The Kier molecular flexibility index (Phi) is 4.54. The Bertz CT molecular complexity index is 355. The molecule has 0 spiro atoms. The van der Waals surface area contributed by atoms with Gasteiger partial charge in [-0.15, -0.1) is 0 Å². The molecule has 2 unspecified atom stereocenters. The fourth-order valence-corrected chi connectivity index (χ4v) is 1.90. The molecule has 0 bridgehead atoms. The van der Waals surface area contributed by atoms with Crippen LogP contribution in [0.3, 0.4) is 0 Å². The zero-order valence-electron chi connectivity index (χ0n) is 11.9. The van der Waals surface area contributed by atoms with Crippen molar-refractivity contribution in [2.45, 2.75) is 59.1 Å². The average Bonchev–Trinajstić information content (AvgIpc) is 2.25. The zero-order valence-corrected chi connectivity index (χ0v) is 11.9. The van der Waals surface area contributed by atoms with E-state index in [0.29, 0.717) is 6.42 Å². The van der Waals surface area contributed by atoms with Crippen LogP contribution in [0.2, 0.25) is 0 Å². The van der Waals surface area contributed by atoms with Crippen molar-refractivity contribution in [3.63, 3.8) is 0 Å². The van der Waals surface area contributed by atoms with E-state index in [-0.39, 0.29) is 23.8 Å². The Balaban J connectivity index is 2.85. The second-order valence-electron chi connectivity index (χ2n) is 5.83. The SMILES string of the molecule is CCC(C)C1CC(=O)C=CN1C(=O)OC(C)(C)C. The summed E-state index contributed by atoms with van der Waals surface area (Å²) >= 11 is 0. The summed E-state index contributed by atoms with van der Waals surface area (Å²) in [5.74, 6) is 0.339. The van der Waals surface area contributed by atoms with Gasteiger partial charge >= 0.3 is 6.09 Å². The Morgan fingerprint density at radius 2 is 2.17 bits per heavy atom. The van der Waals surface area contributed by atoms with Crippen molar-refractivity contribution in [2.75, 3.05) is 0 Å². The zero-order chi connectivity index (χ0) is 13.9. The maximum atomic E-state index is 12.1. The highest BCUT2D eigenvalue weighted by Crippen LogP contribution is 2.24. The van der Waals surface area contributed by atoms with Crippen LogP contribution in [0.15, 0.2) is 12.3 Å². The van der Waals surface area contributed by atoms with Crippen molar-refractivity contribution in [1.82, 2.24) is 4.90 Å². The minimum Gasteiger partial charge on any atom is -0.443 e. The molecule has 0 aromatic carbocycles. The standard InChI is InChI=1S/C14H23NO3/c1-6-10(2)12-9-11(16)7-8-15(12)13(17)18-14(3,4)5/h7-8,10,12H,6,9H2,1-5H3. The van der Waals surface area contributed by atoms with Crippen LogP contribution >= 0.6 is 0 Å². The Hall–Kier alpha value is -1.32. The van der Waals surface area contributed by atoms with Crippen molar-refractivity contribution in [3.8, 4) is 0 Å². The van der Waals surface area contributed by atoms with Crippen molar-refractivity contribution in [2.24, 2.45) is 5.92 Å². The lowest BCUT2D eigenvalue weighted by molar-refractivity contribution is -0.116. The normalized spacial score (nSPS) is 21.9. The molecule has 1 aliphatic heterocycles. The van der Waals surface area contributed by atoms with Crippen LogP contribution in [0.4, 0.5) is 4.79 Å². The third-order valence-electron chi connectivity index (χ3n) is 3.09. The first-order valence-corrected chi connectivity index (χ1v) is 6.47. The van der Waals surface area contributed by atoms with E-state index in [2.05, 4.69) is 13.8 Å². The summed E-state index contributed by atoms with van der Waals surface area (Å²) in [4.78, 5) is 25.1. The second-order valence-corrected chi connectivity index (χ2v) is 5.83. The fourth-order valence-electron chi connectivity index (χ4n) is 1.90. The van der Waals surface area contributed by atoms with Crippen LogP contribution in [0.1, 0.15) is 47.5 Å². The molecule has 0 N–H and O–H groups in total. The summed E-state index contributed by atoms with van der Waals surface area (Å²) in [7, 11) is 0. The second kappa shape index (κ2) is 5.55. The van der Waals surface area contributed by atoms with Gasteiger partial charge in [0.2, 0.25) is 0 Å². The van der Waals surface area contributed by atoms with Crippen LogP contribution in [-0.2, 0) is 9.53 Å². The lowest BCUT2D eigenvalue weighted by atomic mass is 9.91. The van der Waals surface area contributed by atoms with Crippen molar-refractivity contribution < 1.29 is 14.3 Å². The molecule has 2 atom stereocenters. The lowest BCUT2D eigenvalue weighted by Crippen LogP contribution is -2.45. The smallest absolute Gasteiger partial charge is 0.414 e. The van der Waals surface area contributed by atoms with E-state index in [0.717, 1.165) is 6.42 Å². The van der Waals surface area contributed by atoms with Gasteiger partial charge in [-0.1, -0.05) is 20.3 Å².